The summed E-state index contributed by atoms with van der Waals surface area (Å²) >= 11 is 0. The van der Waals surface area contributed by atoms with Gasteiger partial charge < -0.3 is 10.0 Å². The summed E-state index contributed by atoms with van der Waals surface area (Å²) in [7, 11) is 0. The Bertz CT molecular complexity index is 594. The molecule has 0 bridgehead atoms. The van der Waals surface area contributed by atoms with Crippen molar-refractivity contribution >= 4 is 11.9 Å². The van der Waals surface area contributed by atoms with E-state index >= 15 is 0 Å². The minimum atomic E-state index is -4.47. The summed E-state index contributed by atoms with van der Waals surface area (Å²) in [5, 5.41) is 8.83. The average Bonchev–Trinajstić information content (AvgIpc) is 3.24. The number of rotatable bonds is 5. The van der Waals surface area contributed by atoms with E-state index in [1.54, 1.807) is 6.92 Å². The van der Waals surface area contributed by atoms with Gasteiger partial charge in [0.1, 0.15) is 6.54 Å². The predicted octanol–water partition coefficient (Wildman–Crippen LogP) is 2.67. The van der Waals surface area contributed by atoms with E-state index in [4.69, 9.17) is 5.11 Å². The molecule has 7 heteroatoms. The minimum Gasteiger partial charge on any atom is -0.480 e. The maximum Gasteiger partial charge on any atom is 0.416 e. The number of carbonyl (C=O) groups is 2. The van der Waals surface area contributed by atoms with Gasteiger partial charge in [-0.15, -0.1) is 0 Å². The molecule has 0 saturated heterocycles. The number of hydrogen-bond acceptors (Lipinski definition) is 2. The van der Waals surface area contributed by atoms with Gasteiger partial charge in [0.05, 0.1) is 11.0 Å². The normalized spacial score (nSPS) is 16.2. The number of benzene rings is 1. The monoisotopic (exact) mass is 315 g/mol. The highest BCUT2D eigenvalue weighted by Crippen LogP contribution is 2.50. The highest BCUT2D eigenvalue weighted by molar-refractivity contribution is 5.93. The lowest BCUT2D eigenvalue weighted by molar-refractivity contribution is -0.145. The van der Waals surface area contributed by atoms with E-state index in [2.05, 4.69) is 0 Å². The van der Waals surface area contributed by atoms with Gasteiger partial charge in [0.15, 0.2) is 0 Å². The molecule has 1 aromatic rings. The fraction of sp³-hybridized carbons (Fsp3) is 0.467. The van der Waals surface area contributed by atoms with Crippen LogP contribution >= 0.6 is 0 Å². The number of carboxylic acid groups (broad SMARTS) is 1. The molecule has 1 N–H and O–H groups in total. The Kier molecular flexibility index (Phi) is 4.17. The molecule has 1 aliphatic carbocycles. The first kappa shape index (κ1) is 16.3. The van der Waals surface area contributed by atoms with E-state index in [-0.39, 0.29) is 6.54 Å². The van der Waals surface area contributed by atoms with Crippen LogP contribution in [0.25, 0.3) is 0 Å². The van der Waals surface area contributed by atoms with Crippen molar-refractivity contribution in [3.63, 3.8) is 0 Å². The Morgan fingerprint density at radius 3 is 2.41 bits per heavy atom. The van der Waals surface area contributed by atoms with Crippen molar-refractivity contribution in [3.05, 3.63) is 35.4 Å². The van der Waals surface area contributed by atoms with Crippen molar-refractivity contribution in [3.8, 4) is 0 Å². The van der Waals surface area contributed by atoms with Gasteiger partial charge in [-0.05, 0) is 31.4 Å². The van der Waals surface area contributed by atoms with Gasteiger partial charge in [-0.2, -0.15) is 13.2 Å². The SMILES string of the molecule is CCN(CC(=O)O)C(=O)C1(c2cccc(C(F)(F)F)c2)CC1. The van der Waals surface area contributed by atoms with Crippen LogP contribution in [-0.2, 0) is 21.2 Å². The van der Waals surface area contributed by atoms with Crippen LogP contribution in [0.15, 0.2) is 24.3 Å². The van der Waals surface area contributed by atoms with Crippen LogP contribution in [-0.4, -0.2) is 35.0 Å². The molecule has 0 spiro atoms. The fourth-order valence-electron chi connectivity index (χ4n) is 2.54. The Balaban J connectivity index is 2.31. The third-order valence-corrected chi connectivity index (χ3v) is 3.90. The first-order valence-electron chi connectivity index (χ1n) is 6.89. The maximum atomic E-state index is 12.8. The molecule has 1 fully saturated rings. The Morgan fingerprint density at radius 1 is 1.32 bits per heavy atom. The number of hydrogen-bond donors (Lipinski definition) is 1. The van der Waals surface area contributed by atoms with E-state index in [1.807, 2.05) is 0 Å². The molecule has 0 heterocycles. The molecule has 0 atom stereocenters. The highest BCUT2D eigenvalue weighted by Gasteiger charge is 2.53. The van der Waals surface area contributed by atoms with Gasteiger partial charge in [0, 0.05) is 6.54 Å². The molecule has 120 valence electrons. The largest absolute Gasteiger partial charge is 0.480 e. The second-order valence-corrected chi connectivity index (χ2v) is 5.37. The van der Waals surface area contributed by atoms with E-state index in [0.717, 1.165) is 17.0 Å². The number of carbonyl (C=O) groups excluding carboxylic acids is 1. The van der Waals surface area contributed by atoms with Crippen molar-refractivity contribution in [2.24, 2.45) is 0 Å². The molecular weight excluding hydrogens is 299 g/mol. The van der Waals surface area contributed by atoms with E-state index in [9.17, 15) is 22.8 Å². The molecule has 2 rings (SSSR count). The van der Waals surface area contributed by atoms with Gasteiger partial charge in [0.2, 0.25) is 5.91 Å². The highest BCUT2D eigenvalue weighted by atomic mass is 19.4. The molecular formula is C15H16F3NO3. The van der Waals surface area contributed by atoms with Gasteiger partial charge in [-0.25, -0.2) is 0 Å². The molecule has 0 aliphatic heterocycles. The van der Waals surface area contributed by atoms with Gasteiger partial charge in [0.25, 0.3) is 0 Å². The molecule has 4 nitrogen and oxygen atoms in total. The van der Waals surface area contributed by atoms with E-state index in [1.165, 1.54) is 12.1 Å². The summed E-state index contributed by atoms with van der Waals surface area (Å²) < 4.78 is 38.4. The molecule has 0 unspecified atom stereocenters. The zero-order chi connectivity index (χ0) is 16.5. The van der Waals surface area contributed by atoms with Crippen LogP contribution in [0.3, 0.4) is 0 Å². The van der Waals surface area contributed by atoms with Crippen molar-refractivity contribution in [2.75, 3.05) is 13.1 Å². The first-order chi connectivity index (χ1) is 10.2. The lowest BCUT2D eigenvalue weighted by atomic mass is 9.92. The molecule has 1 saturated carbocycles. The van der Waals surface area contributed by atoms with E-state index in [0.29, 0.717) is 18.4 Å². The number of amides is 1. The summed E-state index contributed by atoms with van der Waals surface area (Å²) in [6, 6.07) is 4.71. The van der Waals surface area contributed by atoms with Crippen LogP contribution in [0.5, 0.6) is 0 Å². The van der Waals surface area contributed by atoms with Gasteiger partial charge in [-0.1, -0.05) is 18.2 Å². The molecule has 0 radical (unpaired) electrons. The summed E-state index contributed by atoms with van der Waals surface area (Å²) in [6.45, 7) is 1.39. The molecule has 1 aromatic carbocycles. The Labute approximate surface area is 125 Å². The number of likely N-dealkylation sites (N-methyl/N-ethyl adjacent to an activating group) is 1. The summed E-state index contributed by atoms with van der Waals surface area (Å²) in [6.07, 6.45) is -3.60. The van der Waals surface area contributed by atoms with Crippen molar-refractivity contribution in [1.29, 1.82) is 0 Å². The van der Waals surface area contributed by atoms with Crippen molar-refractivity contribution < 1.29 is 27.9 Å². The smallest absolute Gasteiger partial charge is 0.416 e. The molecule has 0 aromatic heterocycles. The second-order valence-electron chi connectivity index (χ2n) is 5.37. The Morgan fingerprint density at radius 2 is 1.95 bits per heavy atom. The van der Waals surface area contributed by atoms with Crippen LogP contribution in [0.4, 0.5) is 13.2 Å². The zero-order valence-electron chi connectivity index (χ0n) is 12.0. The zero-order valence-corrected chi connectivity index (χ0v) is 12.0. The predicted molar refractivity (Wildman–Crippen MR) is 72.2 cm³/mol. The number of aliphatic carboxylic acids is 1. The van der Waals surface area contributed by atoms with Crippen molar-refractivity contribution in [2.45, 2.75) is 31.4 Å². The topological polar surface area (TPSA) is 57.6 Å². The van der Waals surface area contributed by atoms with Crippen LogP contribution in [0.2, 0.25) is 0 Å². The lowest BCUT2D eigenvalue weighted by Gasteiger charge is -2.25. The summed E-state index contributed by atoms with van der Waals surface area (Å²) in [4.78, 5) is 24.5. The quantitative estimate of drug-likeness (QED) is 0.909. The first-order valence-corrected chi connectivity index (χ1v) is 6.89. The summed E-state index contributed by atoms with van der Waals surface area (Å²) in [5.74, 6) is -1.56. The fourth-order valence-corrected chi connectivity index (χ4v) is 2.54. The number of nitrogens with zero attached hydrogens (tertiary/aromatic N) is 1. The summed E-state index contributed by atoms with van der Waals surface area (Å²) in [5.41, 5.74) is -1.51. The van der Waals surface area contributed by atoms with E-state index < -0.39 is 35.6 Å². The number of halogens is 3. The van der Waals surface area contributed by atoms with Crippen LogP contribution in [0.1, 0.15) is 30.9 Å². The number of alkyl halides is 3. The third kappa shape index (κ3) is 3.08. The standard InChI is InChI=1S/C15H16F3NO3/c1-2-19(9-12(20)21)13(22)14(6-7-14)10-4-3-5-11(8-10)15(16,17)18/h3-5,8H,2,6-7,9H2,1H3,(H,20,21). The maximum absolute atomic E-state index is 12.8. The van der Waals surface area contributed by atoms with Crippen LogP contribution in [0, 0.1) is 0 Å². The Hall–Kier alpha value is -2.05. The minimum absolute atomic E-state index is 0.200. The van der Waals surface area contributed by atoms with Gasteiger partial charge in [-0.3, -0.25) is 9.59 Å². The average molecular weight is 315 g/mol. The number of carboxylic acids is 1. The van der Waals surface area contributed by atoms with Gasteiger partial charge >= 0.3 is 12.1 Å². The van der Waals surface area contributed by atoms with Crippen LogP contribution < -0.4 is 0 Å². The third-order valence-electron chi connectivity index (χ3n) is 3.90. The van der Waals surface area contributed by atoms with Crippen molar-refractivity contribution in [1.82, 2.24) is 4.90 Å². The molecule has 1 amide bonds. The second kappa shape index (κ2) is 5.62. The molecule has 1 aliphatic rings. The lowest BCUT2D eigenvalue weighted by Crippen LogP contribution is -2.42. The molecule has 22 heavy (non-hydrogen) atoms.